The maximum atomic E-state index is 13.0. The number of benzene rings is 1. The molecule has 5 rings (SSSR count). The van der Waals surface area contributed by atoms with Crippen molar-refractivity contribution in [2.75, 3.05) is 64.8 Å². The molecule has 0 radical (unpaired) electrons. The van der Waals surface area contributed by atoms with E-state index in [-0.39, 0.29) is 6.03 Å². The number of rotatable bonds is 7. The van der Waals surface area contributed by atoms with Crippen LogP contribution in [0.4, 0.5) is 9.93 Å². The predicted octanol–water partition coefficient (Wildman–Crippen LogP) is 5.25. The third-order valence-corrected chi connectivity index (χ3v) is 9.13. The Bertz CT molecular complexity index is 1120. The molecule has 38 heavy (non-hydrogen) atoms. The standard InChI is InChI=1S/C29H40N6O2S/c1-37-27-10-9-24(23-7-3-2-4-8-23)18-25(27)26-21-38-28(31-26)32-29(36)35-16-14-34(15-17-35)20-22-6-5-12-33(19-22)13-11-30/h9-10,18,21-23H,2-8,12-17,19-20H2,1H3,(H,31,32,36)/t22-/m1/s1. The minimum Gasteiger partial charge on any atom is -0.496 e. The Hall–Kier alpha value is -2.67. The smallest absolute Gasteiger partial charge is 0.323 e. The Morgan fingerprint density at radius 3 is 2.68 bits per heavy atom. The molecule has 1 saturated carbocycles. The summed E-state index contributed by atoms with van der Waals surface area (Å²) in [5, 5.41) is 14.7. The maximum Gasteiger partial charge on any atom is 0.323 e. The fourth-order valence-corrected chi connectivity index (χ4v) is 6.98. The number of aromatic nitrogens is 1. The SMILES string of the molecule is COc1ccc(C2CCCCC2)cc1-c1csc(NC(=O)N2CCN(C[C@@H]3CCCN(CC#N)C3)CC2)n1. The van der Waals surface area contributed by atoms with Crippen LogP contribution in [-0.2, 0) is 0 Å². The van der Waals surface area contributed by atoms with Gasteiger partial charge in [0.2, 0.25) is 0 Å². The Kier molecular flexibility index (Phi) is 9.15. The van der Waals surface area contributed by atoms with Crippen LogP contribution in [0.15, 0.2) is 23.6 Å². The molecule has 204 valence electrons. The Morgan fingerprint density at radius 1 is 1.11 bits per heavy atom. The zero-order valence-corrected chi connectivity index (χ0v) is 23.3. The highest BCUT2D eigenvalue weighted by Gasteiger charge is 2.26. The third kappa shape index (κ3) is 6.66. The molecule has 3 heterocycles. The molecule has 2 aromatic rings. The van der Waals surface area contributed by atoms with Crippen LogP contribution in [0.3, 0.4) is 0 Å². The van der Waals surface area contributed by atoms with E-state index in [1.165, 1.54) is 61.8 Å². The van der Waals surface area contributed by atoms with E-state index in [9.17, 15) is 4.79 Å². The lowest BCUT2D eigenvalue weighted by molar-refractivity contribution is 0.106. The molecule has 2 aliphatic heterocycles. The van der Waals surface area contributed by atoms with Crippen molar-refractivity contribution in [1.82, 2.24) is 19.7 Å². The minimum atomic E-state index is -0.0775. The number of anilines is 1. The van der Waals surface area contributed by atoms with Gasteiger partial charge in [-0.1, -0.05) is 25.3 Å². The molecule has 1 aromatic heterocycles. The lowest BCUT2D eigenvalue weighted by Gasteiger charge is -2.38. The first kappa shape index (κ1) is 26.9. The minimum absolute atomic E-state index is 0.0775. The van der Waals surface area contributed by atoms with E-state index in [4.69, 9.17) is 15.0 Å². The Morgan fingerprint density at radius 2 is 1.92 bits per heavy atom. The van der Waals surface area contributed by atoms with E-state index in [2.05, 4.69) is 39.4 Å². The van der Waals surface area contributed by atoms with Crippen LogP contribution < -0.4 is 10.1 Å². The number of urea groups is 1. The summed E-state index contributed by atoms with van der Waals surface area (Å²) < 4.78 is 5.66. The van der Waals surface area contributed by atoms with Crippen molar-refractivity contribution in [2.24, 2.45) is 5.92 Å². The first-order chi connectivity index (χ1) is 18.6. The van der Waals surface area contributed by atoms with Crippen LogP contribution in [0.25, 0.3) is 11.3 Å². The zero-order valence-electron chi connectivity index (χ0n) is 22.5. The molecule has 1 aromatic carbocycles. The molecule has 1 atom stereocenters. The van der Waals surface area contributed by atoms with Crippen molar-refractivity contribution in [3.05, 3.63) is 29.1 Å². The van der Waals surface area contributed by atoms with Gasteiger partial charge in [0, 0.05) is 50.2 Å². The first-order valence-corrected chi connectivity index (χ1v) is 15.0. The van der Waals surface area contributed by atoms with Crippen LogP contribution in [0.2, 0.25) is 0 Å². The number of ether oxygens (including phenoxy) is 1. The van der Waals surface area contributed by atoms with Crippen molar-refractivity contribution in [3.8, 4) is 23.1 Å². The summed E-state index contributed by atoms with van der Waals surface area (Å²) in [6, 6.07) is 8.70. The van der Waals surface area contributed by atoms with Gasteiger partial charge in [-0.05, 0) is 61.8 Å². The van der Waals surface area contributed by atoms with Crippen molar-refractivity contribution in [3.63, 3.8) is 0 Å². The number of amides is 2. The van der Waals surface area contributed by atoms with Gasteiger partial charge < -0.3 is 9.64 Å². The van der Waals surface area contributed by atoms with E-state index in [0.29, 0.717) is 23.5 Å². The number of nitrogens with zero attached hydrogens (tertiary/aromatic N) is 5. The highest BCUT2D eigenvalue weighted by Crippen LogP contribution is 2.38. The molecule has 0 spiro atoms. The van der Waals surface area contributed by atoms with E-state index < -0.39 is 0 Å². The average molecular weight is 537 g/mol. The van der Waals surface area contributed by atoms with Gasteiger partial charge in [-0.25, -0.2) is 9.78 Å². The molecular weight excluding hydrogens is 496 g/mol. The van der Waals surface area contributed by atoms with Gasteiger partial charge in [-0.3, -0.25) is 15.1 Å². The van der Waals surface area contributed by atoms with Crippen LogP contribution in [-0.4, -0.2) is 85.2 Å². The highest BCUT2D eigenvalue weighted by molar-refractivity contribution is 7.14. The lowest BCUT2D eigenvalue weighted by Crippen LogP contribution is -2.52. The summed E-state index contributed by atoms with van der Waals surface area (Å²) in [6.45, 7) is 6.83. The van der Waals surface area contributed by atoms with Gasteiger partial charge in [0.05, 0.1) is 25.4 Å². The molecule has 1 aliphatic carbocycles. The van der Waals surface area contributed by atoms with E-state index >= 15 is 0 Å². The molecule has 2 saturated heterocycles. The second-order valence-electron chi connectivity index (χ2n) is 11.0. The van der Waals surface area contributed by atoms with E-state index in [0.717, 1.165) is 62.8 Å². The van der Waals surface area contributed by atoms with Crippen LogP contribution >= 0.6 is 11.3 Å². The van der Waals surface area contributed by atoms with Gasteiger partial charge in [0.15, 0.2) is 5.13 Å². The topological polar surface area (TPSA) is 84.7 Å². The van der Waals surface area contributed by atoms with Crippen LogP contribution in [0, 0.1) is 17.2 Å². The summed E-state index contributed by atoms with van der Waals surface area (Å²) in [5.74, 6) is 2.04. The zero-order chi connectivity index (χ0) is 26.3. The van der Waals surface area contributed by atoms with E-state index in [1.807, 2.05) is 10.3 Å². The Labute approximate surface area is 230 Å². The van der Waals surface area contributed by atoms with Gasteiger partial charge in [0.25, 0.3) is 0 Å². The van der Waals surface area contributed by atoms with Crippen LogP contribution in [0.5, 0.6) is 5.75 Å². The number of hydrogen-bond acceptors (Lipinski definition) is 7. The number of thiazole rings is 1. The summed E-state index contributed by atoms with van der Waals surface area (Å²) in [4.78, 5) is 24.4. The number of carbonyl (C=O) groups is 1. The number of nitrogens with one attached hydrogen (secondary N) is 1. The quantitative estimate of drug-likeness (QED) is 0.487. The van der Waals surface area contributed by atoms with Gasteiger partial charge in [-0.2, -0.15) is 5.26 Å². The number of hydrogen-bond donors (Lipinski definition) is 1. The largest absolute Gasteiger partial charge is 0.496 e. The summed E-state index contributed by atoms with van der Waals surface area (Å²) in [7, 11) is 1.70. The summed E-state index contributed by atoms with van der Waals surface area (Å²) >= 11 is 1.46. The molecule has 1 N–H and O–H groups in total. The molecule has 0 unspecified atom stereocenters. The third-order valence-electron chi connectivity index (χ3n) is 8.37. The molecule has 2 amide bonds. The molecule has 3 fully saturated rings. The first-order valence-electron chi connectivity index (χ1n) is 14.1. The van der Waals surface area contributed by atoms with Gasteiger partial charge in [0.1, 0.15) is 5.75 Å². The number of piperidine rings is 1. The average Bonchev–Trinajstić information content (AvgIpc) is 3.42. The molecule has 8 nitrogen and oxygen atoms in total. The molecule has 3 aliphatic rings. The second-order valence-corrected chi connectivity index (χ2v) is 11.8. The van der Waals surface area contributed by atoms with Gasteiger partial charge in [-0.15, -0.1) is 11.3 Å². The van der Waals surface area contributed by atoms with E-state index in [1.54, 1.807) is 7.11 Å². The van der Waals surface area contributed by atoms with Crippen molar-refractivity contribution in [2.45, 2.75) is 50.9 Å². The fraction of sp³-hybridized carbons (Fsp3) is 0.621. The molecule has 0 bridgehead atoms. The Balaban J connectivity index is 1.14. The normalized spacial score (nSPS) is 21.7. The van der Waals surface area contributed by atoms with Crippen molar-refractivity contribution < 1.29 is 9.53 Å². The van der Waals surface area contributed by atoms with Gasteiger partial charge >= 0.3 is 6.03 Å². The molecule has 9 heteroatoms. The number of methoxy groups -OCH3 is 1. The highest BCUT2D eigenvalue weighted by atomic mass is 32.1. The van der Waals surface area contributed by atoms with Crippen molar-refractivity contribution >= 4 is 22.5 Å². The number of piperazine rings is 1. The fourth-order valence-electron chi connectivity index (χ4n) is 6.28. The lowest BCUT2D eigenvalue weighted by atomic mass is 9.83. The number of likely N-dealkylation sites (tertiary alicyclic amines) is 1. The second kappa shape index (κ2) is 12.9. The monoisotopic (exact) mass is 536 g/mol. The molecular formula is C29H40N6O2S. The van der Waals surface area contributed by atoms with Crippen molar-refractivity contribution in [1.29, 1.82) is 5.26 Å². The maximum absolute atomic E-state index is 13.0. The van der Waals surface area contributed by atoms with Crippen LogP contribution in [0.1, 0.15) is 56.4 Å². The number of carbonyl (C=O) groups excluding carboxylic acids is 1. The predicted molar refractivity (Wildman–Crippen MR) is 152 cm³/mol. The number of nitriles is 1. The summed E-state index contributed by atoms with van der Waals surface area (Å²) in [5.41, 5.74) is 3.21. The summed E-state index contributed by atoms with van der Waals surface area (Å²) in [6.07, 6.45) is 8.83.